The highest BCUT2D eigenvalue weighted by atomic mass is 32.2. The lowest BCUT2D eigenvalue weighted by Crippen LogP contribution is -2.35. The molecule has 144 valence electrons. The Morgan fingerprint density at radius 2 is 1.74 bits per heavy atom. The first kappa shape index (κ1) is 19.2. The quantitative estimate of drug-likeness (QED) is 0.847. The number of benzene rings is 2. The highest BCUT2D eigenvalue weighted by Gasteiger charge is 2.24. The van der Waals surface area contributed by atoms with Crippen LogP contribution in [0.15, 0.2) is 47.4 Å². The summed E-state index contributed by atoms with van der Waals surface area (Å²) in [6, 6.07) is 9.15. The molecule has 0 atom stereocenters. The number of rotatable bonds is 5. The van der Waals surface area contributed by atoms with Gasteiger partial charge in [0.15, 0.2) is 0 Å². The largest absolute Gasteiger partial charge is 0.496 e. The molecule has 8 heteroatoms. The lowest BCUT2D eigenvalue weighted by molar-refractivity contribution is 0.0720. The van der Waals surface area contributed by atoms with Crippen molar-refractivity contribution in [3.05, 3.63) is 53.8 Å². The summed E-state index contributed by atoms with van der Waals surface area (Å²) in [7, 11) is -2.50. The van der Waals surface area contributed by atoms with E-state index in [1.807, 2.05) is 0 Å². The van der Waals surface area contributed by atoms with Crippen molar-refractivity contribution < 1.29 is 22.3 Å². The molecule has 1 aliphatic rings. The van der Waals surface area contributed by atoms with Crippen molar-refractivity contribution in [3.8, 4) is 5.75 Å². The fourth-order valence-corrected chi connectivity index (χ4v) is 4.11. The normalized spacial score (nSPS) is 14.7. The minimum absolute atomic E-state index is 0.0621. The number of piperidine rings is 1. The molecular weight excluding hydrogens is 371 g/mol. The van der Waals surface area contributed by atoms with Crippen LogP contribution in [0.2, 0.25) is 0 Å². The van der Waals surface area contributed by atoms with Gasteiger partial charge in [0.25, 0.3) is 15.9 Å². The Labute approximate surface area is 158 Å². The second-order valence-electron chi connectivity index (χ2n) is 6.33. The second kappa shape index (κ2) is 7.96. The molecule has 1 N–H and O–H groups in total. The second-order valence-corrected chi connectivity index (χ2v) is 8.01. The van der Waals surface area contributed by atoms with Gasteiger partial charge in [-0.25, -0.2) is 12.8 Å². The van der Waals surface area contributed by atoms with Crippen LogP contribution in [0, 0.1) is 5.82 Å². The number of sulfonamides is 1. The lowest BCUT2D eigenvalue weighted by Gasteiger charge is -2.27. The minimum Gasteiger partial charge on any atom is -0.496 e. The van der Waals surface area contributed by atoms with Crippen molar-refractivity contribution in [1.82, 2.24) is 4.90 Å². The van der Waals surface area contributed by atoms with Crippen LogP contribution in [0.25, 0.3) is 0 Å². The summed E-state index contributed by atoms with van der Waals surface area (Å²) in [5.74, 6) is -0.381. The SMILES string of the molecule is COc1ccc(S(=O)(=O)Nc2ccc(F)cc2)cc1C(=O)N1CCCCC1. The number of anilines is 1. The Kier molecular flexibility index (Phi) is 5.65. The number of nitrogens with one attached hydrogen (secondary N) is 1. The molecule has 1 aliphatic heterocycles. The number of likely N-dealkylation sites (tertiary alicyclic amines) is 1. The molecule has 1 fully saturated rings. The summed E-state index contributed by atoms with van der Waals surface area (Å²) in [6.45, 7) is 1.29. The van der Waals surface area contributed by atoms with Crippen LogP contribution in [0.3, 0.4) is 0 Å². The average molecular weight is 392 g/mol. The Morgan fingerprint density at radius 1 is 1.07 bits per heavy atom. The molecule has 2 aromatic carbocycles. The number of methoxy groups -OCH3 is 1. The zero-order chi connectivity index (χ0) is 19.4. The van der Waals surface area contributed by atoms with Crippen molar-refractivity contribution in [2.75, 3.05) is 24.9 Å². The van der Waals surface area contributed by atoms with E-state index in [0.717, 1.165) is 31.4 Å². The van der Waals surface area contributed by atoms with Crippen LogP contribution in [0.1, 0.15) is 29.6 Å². The number of halogens is 1. The monoisotopic (exact) mass is 392 g/mol. The van der Waals surface area contributed by atoms with Gasteiger partial charge in [-0.15, -0.1) is 0 Å². The average Bonchev–Trinajstić information content (AvgIpc) is 2.69. The van der Waals surface area contributed by atoms with E-state index >= 15 is 0 Å². The van der Waals surface area contributed by atoms with Crippen LogP contribution in [-0.4, -0.2) is 39.4 Å². The van der Waals surface area contributed by atoms with Gasteiger partial charge in [-0.3, -0.25) is 9.52 Å². The van der Waals surface area contributed by atoms with Crippen molar-refractivity contribution in [2.24, 2.45) is 0 Å². The van der Waals surface area contributed by atoms with Gasteiger partial charge in [0.05, 0.1) is 17.6 Å². The van der Waals surface area contributed by atoms with E-state index in [4.69, 9.17) is 4.74 Å². The molecule has 27 heavy (non-hydrogen) atoms. The fraction of sp³-hybridized carbons (Fsp3) is 0.316. The van der Waals surface area contributed by atoms with Gasteiger partial charge in [-0.05, 0) is 61.7 Å². The van der Waals surface area contributed by atoms with Gasteiger partial charge in [-0.2, -0.15) is 0 Å². The molecule has 0 unspecified atom stereocenters. The molecule has 3 rings (SSSR count). The van der Waals surface area contributed by atoms with Crippen LogP contribution < -0.4 is 9.46 Å². The molecule has 1 amide bonds. The van der Waals surface area contributed by atoms with Crippen molar-refractivity contribution >= 4 is 21.6 Å². The zero-order valence-electron chi connectivity index (χ0n) is 14.9. The van der Waals surface area contributed by atoms with Crippen LogP contribution in [0.4, 0.5) is 10.1 Å². The topological polar surface area (TPSA) is 75.7 Å². The van der Waals surface area contributed by atoms with Gasteiger partial charge < -0.3 is 9.64 Å². The molecule has 0 spiro atoms. The van der Waals surface area contributed by atoms with E-state index in [2.05, 4.69) is 4.72 Å². The van der Waals surface area contributed by atoms with E-state index in [-0.39, 0.29) is 22.1 Å². The molecule has 0 aromatic heterocycles. The standard InChI is InChI=1S/C19H21FN2O4S/c1-26-18-10-9-16(13-17(18)19(23)22-11-3-2-4-12-22)27(24,25)21-15-7-5-14(20)6-8-15/h5-10,13,21H,2-4,11-12H2,1H3. The summed E-state index contributed by atoms with van der Waals surface area (Å²) < 4.78 is 46.0. The number of nitrogens with zero attached hydrogens (tertiary/aromatic N) is 1. The molecule has 0 aliphatic carbocycles. The highest BCUT2D eigenvalue weighted by molar-refractivity contribution is 7.92. The van der Waals surface area contributed by atoms with Crippen LogP contribution >= 0.6 is 0 Å². The Morgan fingerprint density at radius 3 is 2.37 bits per heavy atom. The zero-order valence-corrected chi connectivity index (χ0v) is 15.8. The summed E-state index contributed by atoms with van der Waals surface area (Å²) in [5.41, 5.74) is 0.442. The highest BCUT2D eigenvalue weighted by Crippen LogP contribution is 2.26. The molecule has 1 saturated heterocycles. The first-order valence-electron chi connectivity index (χ1n) is 8.66. The molecule has 1 heterocycles. The third kappa shape index (κ3) is 4.39. The fourth-order valence-electron chi connectivity index (χ4n) is 3.02. The number of hydrogen-bond acceptors (Lipinski definition) is 4. The first-order valence-corrected chi connectivity index (χ1v) is 10.1. The van der Waals surface area contributed by atoms with Crippen molar-refractivity contribution in [2.45, 2.75) is 24.2 Å². The molecule has 0 bridgehead atoms. The van der Waals surface area contributed by atoms with Gasteiger partial charge in [0, 0.05) is 18.8 Å². The molecule has 2 aromatic rings. The molecular formula is C19H21FN2O4S. The summed E-state index contributed by atoms with van der Waals surface area (Å²) in [4.78, 5) is 14.5. The number of hydrogen-bond donors (Lipinski definition) is 1. The number of ether oxygens (including phenoxy) is 1. The smallest absolute Gasteiger partial charge is 0.261 e. The van der Waals surface area contributed by atoms with Crippen molar-refractivity contribution in [3.63, 3.8) is 0 Å². The Hall–Kier alpha value is -2.61. The molecule has 0 saturated carbocycles. The van der Waals surface area contributed by atoms with Gasteiger partial charge >= 0.3 is 0 Å². The Balaban J connectivity index is 1.91. The Bertz CT molecular complexity index is 923. The number of carbonyl (C=O) groups is 1. The molecule has 6 nitrogen and oxygen atoms in total. The number of amides is 1. The van der Waals surface area contributed by atoms with E-state index < -0.39 is 15.8 Å². The predicted octanol–water partition coefficient (Wildman–Crippen LogP) is 3.26. The van der Waals surface area contributed by atoms with Gasteiger partial charge in [0.2, 0.25) is 0 Å². The summed E-state index contributed by atoms with van der Waals surface area (Å²) in [5, 5.41) is 0. The van der Waals surface area contributed by atoms with Gasteiger partial charge in [-0.1, -0.05) is 0 Å². The third-order valence-electron chi connectivity index (χ3n) is 4.45. The summed E-state index contributed by atoms with van der Waals surface area (Å²) in [6.07, 6.45) is 2.94. The molecule has 0 radical (unpaired) electrons. The predicted molar refractivity (Wildman–Crippen MR) is 100.0 cm³/mol. The van der Waals surface area contributed by atoms with E-state index in [9.17, 15) is 17.6 Å². The van der Waals surface area contributed by atoms with Crippen LogP contribution in [0.5, 0.6) is 5.75 Å². The number of carbonyl (C=O) groups excluding carboxylic acids is 1. The third-order valence-corrected chi connectivity index (χ3v) is 5.83. The minimum atomic E-state index is -3.94. The maximum absolute atomic E-state index is 13.0. The summed E-state index contributed by atoms with van der Waals surface area (Å²) >= 11 is 0. The maximum atomic E-state index is 13.0. The van der Waals surface area contributed by atoms with E-state index in [1.165, 1.54) is 37.4 Å². The maximum Gasteiger partial charge on any atom is 0.261 e. The lowest BCUT2D eigenvalue weighted by atomic mass is 10.1. The van der Waals surface area contributed by atoms with Crippen molar-refractivity contribution in [1.29, 1.82) is 0 Å². The van der Waals surface area contributed by atoms with E-state index in [0.29, 0.717) is 18.8 Å². The van der Waals surface area contributed by atoms with Gasteiger partial charge in [0.1, 0.15) is 11.6 Å². The van der Waals surface area contributed by atoms with Crippen LogP contribution in [-0.2, 0) is 10.0 Å². The first-order chi connectivity index (χ1) is 12.9. The van der Waals surface area contributed by atoms with E-state index in [1.54, 1.807) is 4.90 Å².